The van der Waals surface area contributed by atoms with E-state index in [0.29, 0.717) is 25.9 Å². The standard InChI is InChI=1S/C16H25N3O4/c1-16(2,3)23-15(21)18-8-5-9-19-13(11-18)10-12(17-19)6-7-14(20)22-4/h10H,5-9,11H2,1-4H3. The van der Waals surface area contributed by atoms with Gasteiger partial charge in [-0.05, 0) is 33.3 Å². The third-order valence-corrected chi connectivity index (χ3v) is 3.53. The van der Waals surface area contributed by atoms with E-state index < -0.39 is 5.60 Å². The number of carbonyl (C=O) groups is 2. The minimum absolute atomic E-state index is 0.247. The lowest BCUT2D eigenvalue weighted by atomic mass is 10.2. The van der Waals surface area contributed by atoms with Gasteiger partial charge in [0.15, 0.2) is 0 Å². The van der Waals surface area contributed by atoms with Crippen LogP contribution in [-0.2, 0) is 33.8 Å². The number of hydrogen-bond acceptors (Lipinski definition) is 5. The number of fused-ring (bicyclic) bond motifs is 1. The van der Waals surface area contributed by atoms with Gasteiger partial charge in [-0.2, -0.15) is 5.10 Å². The van der Waals surface area contributed by atoms with Crippen molar-refractivity contribution in [1.29, 1.82) is 0 Å². The average molecular weight is 323 g/mol. The van der Waals surface area contributed by atoms with Crippen LogP contribution in [0.4, 0.5) is 4.79 Å². The van der Waals surface area contributed by atoms with Crippen molar-refractivity contribution in [1.82, 2.24) is 14.7 Å². The molecule has 0 fully saturated rings. The maximum absolute atomic E-state index is 12.2. The van der Waals surface area contributed by atoms with Gasteiger partial charge in [-0.1, -0.05) is 0 Å². The van der Waals surface area contributed by atoms with Crippen LogP contribution in [0.15, 0.2) is 6.07 Å². The van der Waals surface area contributed by atoms with Crippen LogP contribution in [0.1, 0.15) is 45.0 Å². The molecule has 7 heteroatoms. The van der Waals surface area contributed by atoms with Crippen LogP contribution in [0.25, 0.3) is 0 Å². The summed E-state index contributed by atoms with van der Waals surface area (Å²) in [6, 6.07) is 1.95. The van der Waals surface area contributed by atoms with Gasteiger partial charge in [-0.25, -0.2) is 4.79 Å². The maximum atomic E-state index is 12.2. The molecular formula is C16H25N3O4. The minimum Gasteiger partial charge on any atom is -0.469 e. The number of carbonyl (C=O) groups excluding carboxylic acids is 2. The molecule has 1 aromatic rings. The van der Waals surface area contributed by atoms with Gasteiger partial charge in [0.1, 0.15) is 5.60 Å². The summed E-state index contributed by atoms with van der Waals surface area (Å²) in [6.45, 7) is 7.45. The fourth-order valence-corrected chi connectivity index (χ4v) is 2.46. The predicted molar refractivity (Wildman–Crippen MR) is 83.8 cm³/mol. The van der Waals surface area contributed by atoms with E-state index in [-0.39, 0.29) is 12.1 Å². The first kappa shape index (κ1) is 17.3. The van der Waals surface area contributed by atoms with Gasteiger partial charge in [0.2, 0.25) is 0 Å². The van der Waals surface area contributed by atoms with E-state index in [1.807, 2.05) is 31.5 Å². The Morgan fingerprint density at radius 2 is 2.04 bits per heavy atom. The second-order valence-electron chi connectivity index (χ2n) is 6.68. The fraction of sp³-hybridized carbons (Fsp3) is 0.688. The highest BCUT2D eigenvalue weighted by Crippen LogP contribution is 2.18. The number of rotatable bonds is 3. The Kier molecular flexibility index (Phi) is 5.28. The van der Waals surface area contributed by atoms with Crippen molar-refractivity contribution in [3.8, 4) is 0 Å². The Labute approximate surface area is 136 Å². The molecule has 1 aliphatic rings. The normalized spacial score (nSPS) is 14.9. The van der Waals surface area contributed by atoms with Crippen LogP contribution in [0, 0.1) is 0 Å². The molecule has 0 N–H and O–H groups in total. The molecule has 1 aromatic heterocycles. The topological polar surface area (TPSA) is 73.7 Å². The van der Waals surface area contributed by atoms with Crippen molar-refractivity contribution >= 4 is 12.1 Å². The lowest BCUT2D eigenvalue weighted by Crippen LogP contribution is -2.36. The lowest BCUT2D eigenvalue weighted by Gasteiger charge is -2.26. The third-order valence-electron chi connectivity index (χ3n) is 3.53. The van der Waals surface area contributed by atoms with Crippen LogP contribution in [0.3, 0.4) is 0 Å². The molecule has 2 heterocycles. The van der Waals surface area contributed by atoms with Gasteiger partial charge in [-0.3, -0.25) is 9.48 Å². The lowest BCUT2D eigenvalue weighted by molar-refractivity contribution is -0.140. The SMILES string of the molecule is COC(=O)CCc1cc2n(n1)CCCN(C(=O)OC(C)(C)C)C2. The third kappa shape index (κ3) is 4.97. The van der Waals surface area contributed by atoms with Crippen molar-refractivity contribution < 1.29 is 19.1 Å². The number of aryl methyl sites for hydroxylation is 2. The number of aromatic nitrogens is 2. The van der Waals surface area contributed by atoms with Gasteiger partial charge in [0.05, 0.1) is 31.5 Å². The molecule has 0 atom stereocenters. The molecule has 2 rings (SSSR count). The molecule has 0 spiro atoms. The Morgan fingerprint density at radius 3 is 2.70 bits per heavy atom. The average Bonchev–Trinajstić information content (AvgIpc) is 2.73. The molecule has 0 aromatic carbocycles. The summed E-state index contributed by atoms with van der Waals surface area (Å²) in [6.07, 6.45) is 1.37. The van der Waals surface area contributed by atoms with Crippen molar-refractivity contribution in [2.45, 2.75) is 58.7 Å². The Morgan fingerprint density at radius 1 is 1.30 bits per heavy atom. The second kappa shape index (κ2) is 7.02. The first-order valence-electron chi connectivity index (χ1n) is 7.89. The van der Waals surface area contributed by atoms with Crippen molar-refractivity contribution in [2.75, 3.05) is 13.7 Å². The number of amides is 1. The largest absolute Gasteiger partial charge is 0.469 e. The summed E-state index contributed by atoms with van der Waals surface area (Å²) < 4.78 is 12.0. The molecular weight excluding hydrogens is 298 g/mol. The van der Waals surface area contributed by atoms with E-state index in [2.05, 4.69) is 9.84 Å². The summed E-state index contributed by atoms with van der Waals surface area (Å²) >= 11 is 0. The number of nitrogens with zero attached hydrogens (tertiary/aromatic N) is 3. The smallest absolute Gasteiger partial charge is 0.410 e. The van der Waals surface area contributed by atoms with Gasteiger partial charge in [-0.15, -0.1) is 0 Å². The highest BCUT2D eigenvalue weighted by Gasteiger charge is 2.25. The summed E-state index contributed by atoms with van der Waals surface area (Å²) in [5.74, 6) is -0.247. The molecule has 23 heavy (non-hydrogen) atoms. The monoisotopic (exact) mass is 323 g/mol. The number of methoxy groups -OCH3 is 1. The van der Waals surface area contributed by atoms with E-state index in [4.69, 9.17) is 4.74 Å². The van der Waals surface area contributed by atoms with Gasteiger partial charge in [0, 0.05) is 19.5 Å². The first-order chi connectivity index (χ1) is 10.8. The molecule has 0 saturated heterocycles. The zero-order valence-electron chi connectivity index (χ0n) is 14.3. The quantitative estimate of drug-likeness (QED) is 0.797. The Hall–Kier alpha value is -2.05. The van der Waals surface area contributed by atoms with Crippen LogP contribution in [-0.4, -0.2) is 46.0 Å². The summed E-state index contributed by atoms with van der Waals surface area (Å²) in [5.41, 5.74) is 1.31. The Bertz CT molecular complexity index is 574. The second-order valence-corrected chi connectivity index (χ2v) is 6.68. The van der Waals surface area contributed by atoms with E-state index in [0.717, 1.165) is 24.4 Å². The summed E-state index contributed by atoms with van der Waals surface area (Å²) in [4.78, 5) is 25.2. The van der Waals surface area contributed by atoms with E-state index in [9.17, 15) is 9.59 Å². The molecule has 0 radical (unpaired) electrons. The first-order valence-corrected chi connectivity index (χ1v) is 7.89. The van der Waals surface area contributed by atoms with E-state index in [1.54, 1.807) is 4.90 Å². The zero-order chi connectivity index (χ0) is 17.0. The van der Waals surface area contributed by atoms with Gasteiger partial charge >= 0.3 is 12.1 Å². The van der Waals surface area contributed by atoms with Crippen LogP contribution in [0.5, 0.6) is 0 Å². The van der Waals surface area contributed by atoms with Crippen LogP contribution < -0.4 is 0 Å². The molecule has 1 aliphatic heterocycles. The highest BCUT2D eigenvalue weighted by molar-refractivity contribution is 5.69. The van der Waals surface area contributed by atoms with Gasteiger partial charge in [0.25, 0.3) is 0 Å². The van der Waals surface area contributed by atoms with Crippen LogP contribution >= 0.6 is 0 Å². The fourth-order valence-electron chi connectivity index (χ4n) is 2.46. The summed E-state index contributed by atoms with van der Waals surface area (Å²) in [7, 11) is 1.38. The summed E-state index contributed by atoms with van der Waals surface area (Å²) in [5, 5.41) is 4.52. The van der Waals surface area contributed by atoms with Crippen molar-refractivity contribution in [2.24, 2.45) is 0 Å². The van der Waals surface area contributed by atoms with E-state index in [1.165, 1.54) is 7.11 Å². The zero-order valence-corrected chi connectivity index (χ0v) is 14.3. The number of hydrogen-bond donors (Lipinski definition) is 0. The molecule has 0 saturated carbocycles. The predicted octanol–water partition coefficient (Wildman–Crippen LogP) is 2.13. The highest BCUT2D eigenvalue weighted by atomic mass is 16.6. The number of esters is 1. The minimum atomic E-state index is -0.505. The number of ether oxygens (including phenoxy) is 2. The molecule has 0 bridgehead atoms. The van der Waals surface area contributed by atoms with Crippen molar-refractivity contribution in [3.63, 3.8) is 0 Å². The maximum Gasteiger partial charge on any atom is 0.410 e. The molecule has 128 valence electrons. The Balaban J connectivity index is 2.03. The molecule has 1 amide bonds. The van der Waals surface area contributed by atoms with Crippen molar-refractivity contribution in [3.05, 3.63) is 17.5 Å². The molecule has 7 nitrogen and oxygen atoms in total. The molecule has 0 aliphatic carbocycles. The van der Waals surface area contributed by atoms with E-state index >= 15 is 0 Å². The van der Waals surface area contributed by atoms with Gasteiger partial charge < -0.3 is 14.4 Å². The molecule has 0 unspecified atom stereocenters. The van der Waals surface area contributed by atoms with Crippen LogP contribution in [0.2, 0.25) is 0 Å².